The van der Waals surface area contributed by atoms with Gasteiger partial charge in [-0.3, -0.25) is 9.52 Å². The van der Waals surface area contributed by atoms with E-state index in [0.717, 1.165) is 18.9 Å². The number of nitrogens with zero attached hydrogens (tertiary/aromatic N) is 1. The molecule has 7 heteroatoms. The summed E-state index contributed by atoms with van der Waals surface area (Å²) in [6, 6.07) is 5.22. The van der Waals surface area contributed by atoms with Crippen molar-refractivity contribution in [2.24, 2.45) is 5.92 Å². The molecule has 5 nitrogen and oxygen atoms in total. The van der Waals surface area contributed by atoms with Gasteiger partial charge in [-0.05, 0) is 31.0 Å². The summed E-state index contributed by atoms with van der Waals surface area (Å²) in [6.45, 7) is 2.99. The number of sulfonamides is 1. The van der Waals surface area contributed by atoms with Crippen LogP contribution in [0.15, 0.2) is 24.3 Å². The molecule has 1 aromatic rings. The monoisotopic (exact) mass is 314 g/mol. The molecule has 0 bridgehead atoms. The van der Waals surface area contributed by atoms with Gasteiger partial charge in [0.15, 0.2) is 0 Å². The molecule has 2 rings (SSSR count). The first-order valence-electron chi connectivity index (χ1n) is 6.92. The minimum atomic E-state index is -3.69. The van der Waals surface area contributed by atoms with Gasteiger partial charge in [0, 0.05) is 13.1 Å². The highest BCUT2D eigenvalue weighted by atomic mass is 32.2. The number of halogens is 1. The number of hydrogen-bond acceptors (Lipinski definition) is 3. The van der Waals surface area contributed by atoms with Gasteiger partial charge >= 0.3 is 0 Å². The molecular formula is C14H19FN2O3S. The lowest BCUT2D eigenvalue weighted by Gasteiger charge is -2.20. The molecule has 0 aliphatic carbocycles. The minimum absolute atomic E-state index is 0.142. The number of hydrogen-bond donors (Lipinski definition) is 1. The Labute approximate surface area is 124 Å². The first-order valence-corrected chi connectivity index (χ1v) is 8.57. The van der Waals surface area contributed by atoms with E-state index in [2.05, 4.69) is 4.72 Å². The number of rotatable bonds is 5. The Kier molecular flexibility index (Phi) is 4.82. The summed E-state index contributed by atoms with van der Waals surface area (Å²) in [7, 11) is -3.69. The zero-order chi connectivity index (χ0) is 15.5. The number of benzene rings is 1. The highest BCUT2D eigenvalue weighted by molar-refractivity contribution is 7.92. The maximum Gasteiger partial charge on any atom is 0.233 e. The van der Waals surface area contributed by atoms with Gasteiger partial charge in [-0.1, -0.05) is 13.0 Å². The van der Waals surface area contributed by atoms with Crippen LogP contribution in [0.3, 0.4) is 0 Å². The van der Waals surface area contributed by atoms with Gasteiger partial charge in [-0.25, -0.2) is 12.8 Å². The average Bonchev–Trinajstić information content (AvgIpc) is 2.90. The van der Waals surface area contributed by atoms with Gasteiger partial charge in [0.25, 0.3) is 0 Å². The van der Waals surface area contributed by atoms with Gasteiger partial charge in [-0.15, -0.1) is 0 Å². The van der Waals surface area contributed by atoms with Crippen LogP contribution in [0.25, 0.3) is 0 Å². The Balaban J connectivity index is 1.98. The highest BCUT2D eigenvalue weighted by Crippen LogP contribution is 2.16. The molecule has 1 amide bonds. The van der Waals surface area contributed by atoms with Crippen molar-refractivity contribution in [3.8, 4) is 0 Å². The molecule has 1 atom stereocenters. The molecule has 0 aromatic heterocycles. The fourth-order valence-electron chi connectivity index (χ4n) is 2.42. The number of amides is 1. The van der Waals surface area contributed by atoms with Crippen LogP contribution in [0.2, 0.25) is 0 Å². The number of carbonyl (C=O) groups excluding carboxylic acids is 1. The van der Waals surface area contributed by atoms with Crippen molar-refractivity contribution in [2.75, 3.05) is 23.6 Å². The van der Waals surface area contributed by atoms with Gasteiger partial charge in [0.05, 0.1) is 17.4 Å². The zero-order valence-corrected chi connectivity index (χ0v) is 12.7. The Bertz CT molecular complexity index is 612. The van der Waals surface area contributed by atoms with E-state index >= 15 is 0 Å². The van der Waals surface area contributed by atoms with E-state index in [1.807, 2.05) is 0 Å². The lowest BCUT2D eigenvalue weighted by Crippen LogP contribution is -2.36. The fourth-order valence-corrected chi connectivity index (χ4v) is 3.79. The molecule has 1 aromatic carbocycles. The molecule has 0 spiro atoms. The van der Waals surface area contributed by atoms with Crippen LogP contribution in [0.4, 0.5) is 10.1 Å². The van der Waals surface area contributed by atoms with Crippen molar-refractivity contribution < 1.29 is 17.6 Å². The zero-order valence-electron chi connectivity index (χ0n) is 11.9. The van der Waals surface area contributed by atoms with E-state index in [1.165, 1.54) is 18.2 Å². The standard InChI is InChI=1S/C14H19FN2O3S/c1-11(14(18)17-7-2-3-8-17)10-21(19,20)16-13-6-4-5-12(15)9-13/h4-6,9,11,16H,2-3,7-8,10H2,1H3. The van der Waals surface area contributed by atoms with Gasteiger partial charge in [0.1, 0.15) is 5.82 Å². The number of carbonyl (C=O) groups is 1. The van der Waals surface area contributed by atoms with Crippen LogP contribution in [-0.4, -0.2) is 38.1 Å². The Morgan fingerprint density at radius 2 is 2.05 bits per heavy atom. The van der Waals surface area contributed by atoms with Crippen molar-refractivity contribution in [2.45, 2.75) is 19.8 Å². The number of anilines is 1. The van der Waals surface area contributed by atoms with E-state index in [1.54, 1.807) is 11.8 Å². The van der Waals surface area contributed by atoms with E-state index in [0.29, 0.717) is 13.1 Å². The van der Waals surface area contributed by atoms with Crippen molar-refractivity contribution >= 4 is 21.6 Å². The van der Waals surface area contributed by atoms with Gasteiger partial charge in [0.2, 0.25) is 15.9 Å². The molecule has 1 saturated heterocycles. The van der Waals surface area contributed by atoms with Crippen molar-refractivity contribution in [3.63, 3.8) is 0 Å². The average molecular weight is 314 g/mol. The van der Waals surface area contributed by atoms with Crippen LogP contribution in [-0.2, 0) is 14.8 Å². The SMILES string of the molecule is CC(CS(=O)(=O)Nc1cccc(F)c1)C(=O)N1CCCC1. The molecular weight excluding hydrogens is 295 g/mol. The molecule has 116 valence electrons. The Morgan fingerprint density at radius 1 is 1.38 bits per heavy atom. The number of nitrogens with one attached hydrogen (secondary N) is 1. The molecule has 21 heavy (non-hydrogen) atoms. The lowest BCUT2D eigenvalue weighted by molar-refractivity contribution is -0.133. The van der Waals surface area contributed by atoms with Gasteiger partial charge < -0.3 is 4.90 Å². The van der Waals surface area contributed by atoms with E-state index < -0.39 is 21.8 Å². The molecule has 0 radical (unpaired) electrons. The number of likely N-dealkylation sites (tertiary alicyclic amines) is 1. The third-order valence-electron chi connectivity index (χ3n) is 3.41. The Morgan fingerprint density at radius 3 is 2.67 bits per heavy atom. The van der Waals surface area contributed by atoms with Crippen LogP contribution in [0.5, 0.6) is 0 Å². The second-order valence-corrected chi connectivity index (χ2v) is 7.09. The fraction of sp³-hybridized carbons (Fsp3) is 0.500. The normalized spacial score (nSPS) is 16.8. The van der Waals surface area contributed by atoms with Crippen molar-refractivity contribution in [1.29, 1.82) is 0 Å². The summed E-state index contributed by atoms with van der Waals surface area (Å²) in [4.78, 5) is 13.8. The molecule has 1 aliphatic rings. The molecule has 1 unspecified atom stereocenters. The predicted octanol–water partition coefficient (Wildman–Crippen LogP) is 1.83. The minimum Gasteiger partial charge on any atom is -0.342 e. The predicted molar refractivity (Wildman–Crippen MR) is 78.8 cm³/mol. The summed E-state index contributed by atoms with van der Waals surface area (Å²) < 4.78 is 39.4. The van der Waals surface area contributed by atoms with Crippen LogP contribution >= 0.6 is 0 Å². The smallest absolute Gasteiger partial charge is 0.233 e. The molecule has 1 N–H and O–H groups in total. The van der Waals surface area contributed by atoms with Crippen LogP contribution < -0.4 is 4.72 Å². The Hall–Kier alpha value is -1.63. The first kappa shape index (κ1) is 15.8. The molecule has 1 aliphatic heterocycles. The maximum absolute atomic E-state index is 13.0. The van der Waals surface area contributed by atoms with Gasteiger partial charge in [-0.2, -0.15) is 0 Å². The quantitative estimate of drug-likeness (QED) is 0.901. The third-order valence-corrected chi connectivity index (χ3v) is 4.89. The molecule has 1 heterocycles. The summed E-state index contributed by atoms with van der Waals surface area (Å²) in [6.07, 6.45) is 1.93. The topological polar surface area (TPSA) is 66.5 Å². The first-order chi connectivity index (χ1) is 9.87. The lowest BCUT2D eigenvalue weighted by atomic mass is 10.2. The summed E-state index contributed by atoms with van der Waals surface area (Å²) in [5, 5.41) is 0. The van der Waals surface area contributed by atoms with Crippen LogP contribution in [0.1, 0.15) is 19.8 Å². The third kappa shape index (κ3) is 4.42. The van der Waals surface area contributed by atoms with Crippen molar-refractivity contribution in [1.82, 2.24) is 4.90 Å². The molecule has 0 saturated carbocycles. The maximum atomic E-state index is 13.0. The summed E-state index contributed by atoms with van der Waals surface area (Å²) in [5.74, 6) is -1.58. The molecule has 1 fully saturated rings. The second-order valence-electron chi connectivity index (χ2n) is 5.33. The highest BCUT2D eigenvalue weighted by Gasteiger charge is 2.27. The van der Waals surface area contributed by atoms with Crippen LogP contribution in [0, 0.1) is 11.7 Å². The van der Waals surface area contributed by atoms with E-state index in [4.69, 9.17) is 0 Å². The van der Waals surface area contributed by atoms with Crippen molar-refractivity contribution in [3.05, 3.63) is 30.1 Å². The summed E-state index contributed by atoms with van der Waals surface area (Å²) >= 11 is 0. The van der Waals surface area contributed by atoms with E-state index in [-0.39, 0.29) is 17.3 Å². The van der Waals surface area contributed by atoms with E-state index in [9.17, 15) is 17.6 Å². The summed E-state index contributed by atoms with van der Waals surface area (Å²) in [5.41, 5.74) is 0.163. The largest absolute Gasteiger partial charge is 0.342 e. The second kappa shape index (κ2) is 6.43.